The predicted octanol–water partition coefficient (Wildman–Crippen LogP) is -0.275. The van der Waals surface area contributed by atoms with Crippen LogP contribution >= 0.6 is 0 Å². The summed E-state index contributed by atoms with van der Waals surface area (Å²) in [6, 6.07) is -0.419. The number of nitrogens with zero attached hydrogens (tertiary/aromatic N) is 3. The first-order chi connectivity index (χ1) is 8.54. The fraction of sp³-hybridized carbons (Fsp3) is 0.600. The molecule has 0 bridgehead atoms. The number of carboxylic acids is 1. The summed E-state index contributed by atoms with van der Waals surface area (Å²) in [6.07, 6.45) is 2.01. The molecule has 0 radical (unpaired) electrons. The van der Waals surface area contributed by atoms with Crippen LogP contribution < -0.4 is 10.6 Å². The van der Waals surface area contributed by atoms with Crippen molar-refractivity contribution in [3.63, 3.8) is 0 Å². The van der Waals surface area contributed by atoms with E-state index in [2.05, 4.69) is 20.8 Å². The number of aromatic nitrogens is 3. The average Bonchev–Trinajstić information content (AvgIpc) is 2.72. The van der Waals surface area contributed by atoms with Gasteiger partial charge in [-0.15, -0.1) is 10.2 Å². The van der Waals surface area contributed by atoms with Gasteiger partial charge in [-0.1, -0.05) is 6.92 Å². The standard InChI is InChI=1S/C10H17N5O3/c1-3-7(9(16)17)4-11-10(18)12-5-8-14-13-6-15(8)2/h6-7H,3-5H2,1-2H3,(H,16,17)(H2,11,12,18). The number of carbonyl (C=O) groups excluding carboxylic acids is 1. The van der Waals surface area contributed by atoms with Gasteiger partial charge in [-0.2, -0.15) is 0 Å². The van der Waals surface area contributed by atoms with Crippen molar-refractivity contribution in [2.24, 2.45) is 13.0 Å². The van der Waals surface area contributed by atoms with E-state index in [1.807, 2.05) is 0 Å². The topological polar surface area (TPSA) is 109 Å². The Kier molecular flexibility index (Phi) is 5.09. The number of carbonyl (C=O) groups is 2. The maximum atomic E-state index is 11.4. The Morgan fingerprint density at radius 2 is 2.22 bits per heavy atom. The first kappa shape index (κ1) is 13.9. The molecule has 8 nitrogen and oxygen atoms in total. The van der Waals surface area contributed by atoms with Crippen LogP contribution in [0.2, 0.25) is 0 Å². The summed E-state index contributed by atoms with van der Waals surface area (Å²) in [4.78, 5) is 22.2. The molecular weight excluding hydrogens is 238 g/mol. The summed E-state index contributed by atoms with van der Waals surface area (Å²) in [5, 5.41) is 21.4. The van der Waals surface area contributed by atoms with E-state index in [1.54, 1.807) is 18.5 Å². The van der Waals surface area contributed by atoms with Crippen molar-refractivity contribution in [1.82, 2.24) is 25.4 Å². The summed E-state index contributed by atoms with van der Waals surface area (Å²) >= 11 is 0. The smallest absolute Gasteiger partial charge is 0.315 e. The molecule has 0 fully saturated rings. The van der Waals surface area contributed by atoms with Crippen LogP contribution in [0.15, 0.2) is 6.33 Å². The summed E-state index contributed by atoms with van der Waals surface area (Å²) in [6.45, 7) is 2.11. The molecule has 1 aromatic heterocycles. The van der Waals surface area contributed by atoms with Gasteiger partial charge in [0.2, 0.25) is 0 Å². The van der Waals surface area contributed by atoms with E-state index in [0.717, 1.165) is 0 Å². The highest BCUT2D eigenvalue weighted by Crippen LogP contribution is 2.00. The molecular formula is C10H17N5O3. The largest absolute Gasteiger partial charge is 0.481 e. The van der Waals surface area contributed by atoms with E-state index >= 15 is 0 Å². The van der Waals surface area contributed by atoms with Crippen LogP contribution in [-0.2, 0) is 18.4 Å². The molecule has 1 atom stereocenters. The van der Waals surface area contributed by atoms with Gasteiger partial charge >= 0.3 is 12.0 Å². The minimum atomic E-state index is -0.911. The number of nitrogens with one attached hydrogen (secondary N) is 2. The van der Waals surface area contributed by atoms with Crippen molar-refractivity contribution in [1.29, 1.82) is 0 Å². The van der Waals surface area contributed by atoms with E-state index < -0.39 is 17.9 Å². The second-order valence-electron chi connectivity index (χ2n) is 3.87. The average molecular weight is 255 g/mol. The van der Waals surface area contributed by atoms with Gasteiger partial charge in [0.05, 0.1) is 12.5 Å². The number of aryl methyl sites for hydroxylation is 1. The Morgan fingerprint density at radius 1 is 1.50 bits per heavy atom. The molecule has 3 N–H and O–H groups in total. The quantitative estimate of drug-likeness (QED) is 0.648. The van der Waals surface area contributed by atoms with Crippen LogP contribution in [0.4, 0.5) is 4.79 Å². The molecule has 1 unspecified atom stereocenters. The van der Waals surface area contributed by atoms with Crippen molar-refractivity contribution >= 4 is 12.0 Å². The molecule has 0 saturated carbocycles. The summed E-state index contributed by atoms with van der Waals surface area (Å²) in [5.41, 5.74) is 0. The Labute approximate surface area is 104 Å². The van der Waals surface area contributed by atoms with Crippen LogP contribution in [0.1, 0.15) is 19.2 Å². The molecule has 1 rings (SSSR count). The molecule has 8 heteroatoms. The molecule has 0 aliphatic rings. The molecule has 0 saturated heterocycles. The third-order valence-corrected chi connectivity index (χ3v) is 2.56. The SMILES string of the molecule is CCC(CNC(=O)NCc1nncn1C)C(=O)O. The van der Waals surface area contributed by atoms with E-state index in [1.165, 1.54) is 6.33 Å². The summed E-state index contributed by atoms with van der Waals surface area (Å²) in [5.74, 6) is -0.855. The molecule has 100 valence electrons. The zero-order chi connectivity index (χ0) is 13.5. The first-order valence-electron chi connectivity index (χ1n) is 5.62. The van der Waals surface area contributed by atoms with E-state index in [-0.39, 0.29) is 13.1 Å². The highest BCUT2D eigenvalue weighted by Gasteiger charge is 2.15. The lowest BCUT2D eigenvalue weighted by molar-refractivity contribution is -0.141. The zero-order valence-electron chi connectivity index (χ0n) is 10.4. The Bertz CT molecular complexity index is 417. The monoisotopic (exact) mass is 255 g/mol. The molecule has 0 spiro atoms. The summed E-state index contributed by atoms with van der Waals surface area (Å²) in [7, 11) is 1.77. The highest BCUT2D eigenvalue weighted by molar-refractivity contribution is 5.75. The van der Waals surface area contributed by atoms with Gasteiger partial charge in [-0.05, 0) is 6.42 Å². The number of hydrogen-bond donors (Lipinski definition) is 3. The lowest BCUT2D eigenvalue weighted by Crippen LogP contribution is -2.39. The molecule has 0 aliphatic heterocycles. The number of aliphatic carboxylic acids is 1. The number of amides is 2. The Hall–Kier alpha value is -2.12. The van der Waals surface area contributed by atoms with Gasteiger partial charge in [-0.25, -0.2) is 4.79 Å². The maximum Gasteiger partial charge on any atom is 0.315 e. The number of urea groups is 1. The fourth-order valence-electron chi connectivity index (χ4n) is 1.31. The lowest BCUT2D eigenvalue weighted by Gasteiger charge is -2.11. The number of rotatable bonds is 6. The van der Waals surface area contributed by atoms with Crippen molar-refractivity contribution in [3.05, 3.63) is 12.2 Å². The minimum Gasteiger partial charge on any atom is -0.481 e. The van der Waals surface area contributed by atoms with Gasteiger partial charge in [0, 0.05) is 13.6 Å². The zero-order valence-corrected chi connectivity index (χ0v) is 10.4. The molecule has 1 aromatic rings. The van der Waals surface area contributed by atoms with Gasteiger partial charge in [0.15, 0.2) is 5.82 Å². The first-order valence-corrected chi connectivity index (χ1v) is 5.62. The molecule has 1 heterocycles. The van der Waals surface area contributed by atoms with Crippen LogP contribution in [0, 0.1) is 5.92 Å². The third kappa shape index (κ3) is 4.04. The van der Waals surface area contributed by atoms with Crippen molar-refractivity contribution in [3.8, 4) is 0 Å². The maximum absolute atomic E-state index is 11.4. The molecule has 18 heavy (non-hydrogen) atoms. The second kappa shape index (κ2) is 6.58. The minimum absolute atomic E-state index is 0.108. The van der Waals surface area contributed by atoms with Gasteiger partial charge < -0.3 is 20.3 Å². The van der Waals surface area contributed by atoms with Gasteiger partial charge in [-0.3, -0.25) is 4.79 Å². The predicted molar refractivity (Wildman–Crippen MR) is 62.7 cm³/mol. The van der Waals surface area contributed by atoms with E-state index in [4.69, 9.17) is 5.11 Å². The third-order valence-electron chi connectivity index (χ3n) is 2.56. The second-order valence-corrected chi connectivity index (χ2v) is 3.87. The molecule has 2 amide bonds. The Morgan fingerprint density at radius 3 is 2.72 bits per heavy atom. The van der Waals surface area contributed by atoms with E-state index in [0.29, 0.717) is 12.2 Å². The van der Waals surface area contributed by atoms with Crippen LogP contribution in [0.5, 0.6) is 0 Å². The van der Waals surface area contributed by atoms with Crippen LogP contribution in [-0.4, -0.2) is 38.4 Å². The van der Waals surface area contributed by atoms with Crippen molar-refractivity contribution in [2.75, 3.05) is 6.54 Å². The van der Waals surface area contributed by atoms with E-state index in [9.17, 15) is 9.59 Å². The van der Waals surface area contributed by atoms with Crippen molar-refractivity contribution < 1.29 is 14.7 Å². The van der Waals surface area contributed by atoms with Gasteiger partial charge in [0.1, 0.15) is 6.33 Å². The number of carboxylic acid groups (broad SMARTS) is 1. The van der Waals surface area contributed by atoms with Crippen LogP contribution in [0.25, 0.3) is 0 Å². The van der Waals surface area contributed by atoms with Crippen LogP contribution in [0.3, 0.4) is 0 Å². The normalized spacial score (nSPS) is 11.9. The summed E-state index contributed by atoms with van der Waals surface area (Å²) < 4.78 is 1.69. The Balaban J connectivity index is 2.30. The fourth-order valence-corrected chi connectivity index (χ4v) is 1.31. The van der Waals surface area contributed by atoms with Crippen molar-refractivity contribution in [2.45, 2.75) is 19.9 Å². The number of hydrogen-bond acceptors (Lipinski definition) is 4. The van der Waals surface area contributed by atoms with Gasteiger partial charge in [0.25, 0.3) is 0 Å². The highest BCUT2D eigenvalue weighted by atomic mass is 16.4. The molecule has 0 aliphatic carbocycles. The molecule has 0 aromatic carbocycles. The lowest BCUT2D eigenvalue weighted by atomic mass is 10.1.